The van der Waals surface area contributed by atoms with Gasteiger partial charge in [0.25, 0.3) is 0 Å². The first-order chi connectivity index (χ1) is 12.4. The smallest absolute Gasteiger partial charge is 1.00 e. The summed E-state index contributed by atoms with van der Waals surface area (Å²) in [6, 6.07) is 43.5. The molecule has 0 saturated heterocycles. The van der Waals surface area contributed by atoms with Gasteiger partial charge in [0.1, 0.15) is 6.15 Å². The van der Waals surface area contributed by atoms with E-state index in [0.717, 1.165) is 0 Å². The van der Waals surface area contributed by atoms with E-state index in [1.807, 2.05) is 0 Å². The average Bonchev–Trinajstić information content (AvgIpc) is 2.72. The summed E-state index contributed by atoms with van der Waals surface area (Å²) in [4.78, 5) is 0. The topological polar surface area (TPSA) is 0 Å². The van der Waals surface area contributed by atoms with E-state index >= 15 is 0 Å². The van der Waals surface area contributed by atoms with E-state index in [-0.39, 0.29) is 50.1 Å². The van der Waals surface area contributed by atoms with Crippen molar-refractivity contribution >= 4 is 65.7 Å². The Labute approximate surface area is 198 Å². The first kappa shape index (κ1) is 21.8. The van der Waals surface area contributed by atoms with Crippen molar-refractivity contribution in [3.05, 3.63) is 121 Å². The zero-order chi connectivity index (χ0) is 17.0. The molecular weight excluding hydrogens is 375 g/mol. The van der Waals surface area contributed by atoms with Gasteiger partial charge in [-0.25, -0.2) is 0 Å². The Morgan fingerprint density at radius 2 is 0.519 bits per heavy atom. The largest absolute Gasteiger partial charge is 2.00 e. The second kappa shape index (κ2) is 10.2. The van der Waals surface area contributed by atoms with Gasteiger partial charge in [-0.1, -0.05) is 121 Å². The van der Waals surface area contributed by atoms with Crippen LogP contribution in [-0.2, 0) is 0 Å². The van der Waals surface area contributed by atoms with Crippen LogP contribution in [0.3, 0.4) is 0 Å². The number of hydrogen-bond acceptors (Lipinski definition) is 0. The van der Waals surface area contributed by atoms with Crippen molar-refractivity contribution in [3.63, 3.8) is 0 Å². The maximum absolute atomic E-state index is 2.26. The molecule has 0 aliphatic heterocycles. The molecule has 0 radical (unpaired) electrons. The zero-order valence-corrected chi connectivity index (χ0v) is 18.2. The number of hydrogen-bond donors (Lipinski definition) is 0. The summed E-state index contributed by atoms with van der Waals surface area (Å²) in [5.74, 6) is 0. The predicted octanol–water partition coefficient (Wildman–Crippen LogP) is -0.313. The molecule has 0 spiro atoms. The van der Waals surface area contributed by atoms with Crippen molar-refractivity contribution in [1.82, 2.24) is 0 Å². The molecule has 0 bridgehead atoms. The van der Waals surface area contributed by atoms with Crippen molar-refractivity contribution in [2.75, 3.05) is 0 Å². The van der Waals surface area contributed by atoms with Gasteiger partial charge in [0.2, 0.25) is 0 Å². The molecule has 128 valence electrons. The van der Waals surface area contributed by atoms with Crippen LogP contribution in [0.15, 0.2) is 121 Å². The first-order valence-electron chi connectivity index (χ1n) is 8.80. The molecule has 4 aromatic carbocycles. The van der Waals surface area contributed by atoms with E-state index in [9.17, 15) is 0 Å². The van der Waals surface area contributed by atoms with Gasteiger partial charge < -0.3 is 12.4 Å². The van der Waals surface area contributed by atoms with Crippen molar-refractivity contribution in [2.45, 2.75) is 0 Å². The molecule has 0 unspecified atom stereocenters. The normalized spacial score (nSPS) is 10.4. The van der Waals surface area contributed by atoms with Crippen molar-refractivity contribution in [2.24, 2.45) is 0 Å². The van der Waals surface area contributed by atoms with Gasteiger partial charge >= 0.3 is 37.7 Å². The second-order valence-corrected chi connectivity index (χ2v) is 6.51. The van der Waals surface area contributed by atoms with Gasteiger partial charge in [-0.3, -0.25) is 0 Å². The molecule has 27 heavy (non-hydrogen) atoms. The van der Waals surface area contributed by atoms with Crippen LogP contribution in [-0.4, -0.2) is 43.9 Å². The fraction of sp³-hybridized carbons (Fsp3) is 0. The fourth-order valence-corrected chi connectivity index (χ4v) is 4.12. The Hall–Kier alpha value is -1.51. The summed E-state index contributed by atoms with van der Waals surface area (Å²) in [6.45, 7) is 0. The summed E-state index contributed by atoms with van der Waals surface area (Å²) >= 11 is 0. The van der Waals surface area contributed by atoms with E-state index in [2.05, 4.69) is 121 Å². The monoisotopic (exact) mass is 394 g/mol. The number of halogens is 1. The third kappa shape index (κ3) is 4.17. The van der Waals surface area contributed by atoms with Gasteiger partial charge in [0.15, 0.2) is 0 Å². The molecule has 4 rings (SSSR count). The van der Waals surface area contributed by atoms with Crippen molar-refractivity contribution in [3.8, 4) is 0 Å². The van der Waals surface area contributed by atoms with Gasteiger partial charge in [-0.2, -0.15) is 21.9 Å². The van der Waals surface area contributed by atoms with E-state index < -0.39 is 6.15 Å². The summed E-state index contributed by atoms with van der Waals surface area (Å²) in [6.07, 6.45) is -1.22. The molecule has 0 N–H and O–H groups in total. The molecule has 3 heteroatoms. The molecule has 4 aromatic rings. The van der Waals surface area contributed by atoms with Gasteiger partial charge in [0, 0.05) is 0 Å². The molecule has 0 heterocycles. The van der Waals surface area contributed by atoms with Crippen LogP contribution in [0.25, 0.3) is 0 Å². The summed E-state index contributed by atoms with van der Waals surface area (Å²) in [5, 5.41) is 0. The number of benzene rings is 4. The molecule has 0 aliphatic carbocycles. The van der Waals surface area contributed by atoms with E-state index in [0.29, 0.717) is 0 Å². The van der Waals surface area contributed by atoms with Crippen LogP contribution in [0.2, 0.25) is 0 Å². The van der Waals surface area contributed by atoms with Gasteiger partial charge in [-0.15, -0.1) is 0 Å². The molecular formula is C24H20BCaCl. The average molecular weight is 395 g/mol. The Bertz CT molecular complexity index is 765. The Morgan fingerprint density at radius 3 is 0.704 bits per heavy atom. The molecule has 0 atom stereocenters. The van der Waals surface area contributed by atoms with E-state index in [1.54, 1.807) is 0 Å². The van der Waals surface area contributed by atoms with Gasteiger partial charge in [-0.05, 0) is 0 Å². The summed E-state index contributed by atoms with van der Waals surface area (Å²) in [7, 11) is 0. The van der Waals surface area contributed by atoms with Crippen LogP contribution < -0.4 is 34.3 Å². The molecule has 0 saturated carbocycles. The van der Waals surface area contributed by atoms with Crippen LogP contribution in [0.1, 0.15) is 0 Å². The molecule has 0 nitrogen and oxygen atoms in total. The van der Waals surface area contributed by atoms with E-state index in [1.165, 1.54) is 21.9 Å². The first-order valence-corrected chi connectivity index (χ1v) is 8.80. The maximum Gasteiger partial charge on any atom is 2.00 e. The molecule has 0 aliphatic rings. The van der Waals surface area contributed by atoms with Crippen molar-refractivity contribution in [1.29, 1.82) is 0 Å². The third-order valence-corrected chi connectivity index (χ3v) is 5.20. The van der Waals surface area contributed by atoms with Crippen LogP contribution in [0, 0.1) is 0 Å². The van der Waals surface area contributed by atoms with Crippen LogP contribution in [0.5, 0.6) is 0 Å². The molecule has 0 fully saturated rings. The molecule has 0 amide bonds. The SMILES string of the molecule is [Ca+2].[Cl-].c1ccc([B-](c2ccccc2)(c2ccccc2)c2ccccc2)cc1. The Balaban J connectivity index is 0.00000131. The second-order valence-electron chi connectivity index (χ2n) is 6.51. The van der Waals surface area contributed by atoms with E-state index in [4.69, 9.17) is 0 Å². The summed E-state index contributed by atoms with van der Waals surface area (Å²) < 4.78 is 0. The third-order valence-electron chi connectivity index (χ3n) is 5.20. The minimum absolute atomic E-state index is 0. The standard InChI is InChI=1S/C24H20B.Ca.ClH/c1-5-13-21(14-6-1)25(22-15-7-2-8-16-22,23-17-9-3-10-18-23)24-19-11-4-12-20-24;;/h1-20H;;1H/q-1;+2;/p-1. The zero-order valence-electron chi connectivity index (χ0n) is 15.2. The van der Waals surface area contributed by atoms with Crippen molar-refractivity contribution < 1.29 is 12.4 Å². The van der Waals surface area contributed by atoms with Crippen LogP contribution >= 0.6 is 0 Å². The minimum Gasteiger partial charge on any atom is -1.00 e. The molecule has 0 aromatic heterocycles. The predicted molar refractivity (Wildman–Crippen MR) is 116 cm³/mol. The summed E-state index contributed by atoms with van der Waals surface area (Å²) in [5.41, 5.74) is 5.36. The maximum atomic E-state index is 2.26. The fourth-order valence-electron chi connectivity index (χ4n) is 4.12. The quantitative estimate of drug-likeness (QED) is 0.417. The Morgan fingerprint density at radius 1 is 0.333 bits per heavy atom. The van der Waals surface area contributed by atoms with Gasteiger partial charge in [0.05, 0.1) is 0 Å². The Kier molecular flexibility index (Phi) is 8.19. The number of rotatable bonds is 4. The van der Waals surface area contributed by atoms with Crippen LogP contribution in [0.4, 0.5) is 0 Å². The minimum atomic E-state index is -1.22.